The molecule has 3 rings (SSSR count). The third-order valence-corrected chi connectivity index (χ3v) is 13.2. The maximum absolute atomic E-state index is 13.5. The molecule has 2 aromatic rings. The summed E-state index contributed by atoms with van der Waals surface area (Å²) in [6.07, 6.45) is 1.55. The average Bonchev–Trinajstić information content (AvgIpc) is 2.63. The van der Waals surface area contributed by atoms with Crippen LogP contribution in [0.25, 0.3) is 0 Å². The molecule has 1 aliphatic heterocycles. The lowest BCUT2D eigenvalue weighted by Gasteiger charge is -2.48. The zero-order chi connectivity index (χ0) is 22.2. The Bertz CT molecular complexity index is 950. The van der Waals surface area contributed by atoms with Crippen LogP contribution in [0.2, 0.25) is 18.1 Å². The summed E-state index contributed by atoms with van der Waals surface area (Å²) in [5, 5.41) is 0.146. The molecule has 30 heavy (non-hydrogen) atoms. The van der Waals surface area contributed by atoms with Gasteiger partial charge in [-0.1, -0.05) is 68.8 Å². The van der Waals surface area contributed by atoms with Gasteiger partial charge in [-0.25, -0.2) is 8.42 Å². The summed E-state index contributed by atoms with van der Waals surface area (Å²) in [5.41, 5.74) is 2.10. The standard InChI is InChI=1S/C24H35NO3SSi/c1-19-12-14-22(15-13-19)29(26,27)25-21(16-17-28-30(5,6)24(2,3)4)18-23(25)20-10-8-7-9-11-20/h7-15,21,23H,16-18H2,1-6H3/t21-,23-/m1/s1. The van der Waals surface area contributed by atoms with E-state index in [2.05, 4.69) is 33.9 Å². The quantitative estimate of drug-likeness (QED) is 0.498. The number of nitrogens with zero attached hydrogens (tertiary/aromatic N) is 1. The number of aryl methyl sites for hydroxylation is 1. The van der Waals surface area contributed by atoms with Gasteiger partial charge in [0.05, 0.1) is 10.9 Å². The molecular formula is C24H35NO3SSi. The number of hydrogen-bond acceptors (Lipinski definition) is 3. The van der Waals surface area contributed by atoms with E-state index < -0.39 is 18.3 Å². The zero-order valence-corrected chi connectivity index (χ0v) is 20.9. The largest absolute Gasteiger partial charge is 0.417 e. The molecule has 2 aromatic carbocycles. The zero-order valence-electron chi connectivity index (χ0n) is 19.1. The third kappa shape index (κ3) is 4.72. The Balaban J connectivity index is 1.81. The van der Waals surface area contributed by atoms with Gasteiger partial charge in [-0.3, -0.25) is 0 Å². The first-order chi connectivity index (χ1) is 13.9. The van der Waals surface area contributed by atoms with Crippen LogP contribution in [0.1, 0.15) is 50.8 Å². The van der Waals surface area contributed by atoms with E-state index in [-0.39, 0.29) is 17.1 Å². The van der Waals surface area contributed by atoms with E-state index in [1.807, 2.05) is 49.4 Å². The maximum Gasteiger partial charge on any atom is 0.243 e. The summed E-state index contributed by atoms with van der Waals surface area (Å²) in [4.78, 5) is 0.365. The fourth-order valence-corrected chi connectivity index (χ4v) is 6.56. The van der Waals surface area contributed by atoms with Gasteiger partial charge < -0.3 is 4.43 Å². The fraction of sp³-hybridized carbons (Fsp3) is 0.500. The van der Waals surface area contributed by atoms with Crippen molar-refractivity contribution in [1.82, 2.24) is 4.31 Å². The molecule has 1 aliphatic rings. The number of hydrogen-bond donors (Lipinski definition) is 0. The highest BCUT2D eigenvalue weighted by molar-refractivity contribution is 7.89. The molecule has 164 valence electrons. The van der Waals surface area contributed by atoms with Crippen LogP contribution >= 0.6 is 0 Å². The van der Waals surface area contributed by atoms with Crippen molar-refractivity contribution < 1.29 is 12.8 Å². The summed E-state index contributed by atoms with van der Waals surface area (Å²) in [6.45, 7) is 13.7. The monoisotopic (exact) mass is 445 g/mol. The lowest BCUT2D eigenvalue weighted by Crippen LogP contribution is -2.54. The minimum atomic E-state index is -3.57. The predicted octanol–water partition coefficient (Wildman–Crippen LogP) is 5.91. The molecule has 1 saturated heterocycles. The van der Waals surface area contributed by atoms with Crippen LogP contribution in [0, 0.1) is 6.92 Å². The third-order valence-electron chi connectivity index (χ3n) is 6.66. The van der Waals surface area contributed by atoms with Crippen LogP contribution < -0.4 is 0 Å². The smallest absolute Gasteiger partial charge is 0.243 e. The Hall–Kier alpha value is -1.47. The molecular weight excluding hydrogens is 410 g/mol. The molecule has 0 saturated carbocycles. The molecule has 6 heteroatoms. The summed E-state index contributed by atoms with van der Waals surface area (Å²) in [5.74, 6) is 0. The molecule has 0 unspecified atom stereocenters. The topological polar surface area (TPSA) is 46.6 Å². The lowest BCUT2D eigenvalue weighted by molar-refractivity contribution is 0.0872. The second-order valence-electron chi connectivity index (χ2n) is 9.86. The number of benzene rings is 2. The maximum atomic E-state index is 13.5. The first kappa shape index (κ1) is 23.2. The van der Waals surface area contributed by atoms with Crippen molar-refractivity contribution in [2.24, 2.45) is 0 Å². The number of rotatable bonds is 7. The van der Waals surface area contributed by atoms with Gasteiger partial charge >= 0.3 is 0 Å². The van der Waals surface area contributed by atoms with Crippen molar-refractivity contribution in [2.45, 2.75) is 75.6 Å². The summed E-state index contributed by atoms with van der Waals surface area (Å²) in [6, 6.07) is 16.9. The highest BCUT2D eigenvalue weighted by Crippen LogP contribution is 2.45. The molecule has 1 heterocycles. The van der Waals surface area contributed by atoms with Crippen LogP contribution in [-0.2, 0) is 14.4 Å². The molecule has 0 amide bonds. The fourth-order valence-electron chi connectivity index (χ4n) is 3.65. The van der Waals surface area contributed by atoms with E-state index >= 15 is 0 Å². The van der Waals surface area contributed by atoms with Crippen molar-refractivity contribution in [3.8, 4) is 0 Å². The molecule has 0 radical (unpaired) electrons. The Morgan fingerprint density at radius 1 is 1.03 bits per heavy atom. The SMILES string of the molecule is Cc1ccc(S(=O)(=O)N2[C@H](CCO[Si](C)(C)C(C)(C)C)C[C@@H]2c2ccccc2)cc1. The van der Waals surface area contributed by atoms with Gasteiger partial charge in [-0.2, -0.15) is 4.31 Å². The van der Waals surface area contributed by atoms with E-state index in [0.29, 0.717) is 11.5 Å². The lowest BCUT2D eigenvalue weighted by atomic mass is 9.89. The predicted molar refractivity (Wildman–Crippen MR) is 126 cm³/mol. The van der Waals surface area contributed by atoms with Crippen LogP contribution in [0.5, 0.6) is 0 Å². The normalized spacial score (nSPS) is 20.7. The Labute approximate surface area is 183 Å². The molecule has 0 spiro atoms. The first-order valence-corrected chi connectivity index (χ1v) is 15.1. The van der Waals surface area contributed by atoms with Crippen molar-refractivity contribution in [3.05, 3.63) is 65.7 Å². The summed E-state index contributed by atoms with van der Waals surface area (Å²) < 4.78 is 35.1. The van der Waals surface area contributed by atoms with Crippen molar-refractivity contribution >= 4 is 18.3 Å². The number of sulfonamides is 1. The molecule has 0 aliphatic carbocycles. The average molecular weight is 446 g/mol. The highest BCUT2D eigenvalue weighted by atomic mass is 32.2. The van der Waals surface area contributed by atoms with Gasteiger partial charge in [0.25, 0.3) is 0 Å². The molecule has 0 aromatic heterocycles. The van der Waals surface area contributed by atoms with Crippen molar-refractivity contribution in [1.29, 1.82) is 0 Å². The molecule has 0 bridgehead atoms. The van der Waals surface area contributed by atoms with E-state index in [0.717, 1.165) is 24.0 Å². The second kappa shape index (κ2) is 8.58. The van der Waals surface area contributed by atoms with Gasteiger partial charge in [0, 0.05) is 12.6 Å². The van der Waals surface area contributed by atoms with Crippen LogP contribution in [0.15, 0.2) is 59.5 Å². The second-order valence-corrected chi connectivity index (χ2v) is 16.5. The summed E-state index contributed by atoms with van der Waals surface area (Å²) in [7, 11) is -5.42. The van der Waals surface area contributed by atoms with Gasteiger partial charge in [0.1, 0.15) is 0 Å². The van der Waals surface area contributed by atoms with Crippen LogP contribution in [0.3, 0.4) is 0 Å². The van der Waals surface area contributed by atoms with E-state index in [1.165, 1.54) is 0 Å². The van der Waals surface area contributed by atoms with Gasteiger partial charge in [0.2, 0.25) is 10.0 Å². The van der Waals surface area contributed by atoms with Crippen molar-refractivity contribution in [2.75, 3.05) is 6.61 Å². The minimum Gasteiger partial charge on any atom is -0.417 e. The van der Waals surface area contributed by atoms with E-state index in [9.17, 15) is 8.42 Å². The molecule has 1 fully saturated rings. The van der Waals surface area contributed by atoms with Crippen molar-refractivity contribution in [3.63, 3.8) is 0 Å². The van der Waals surface area contributed by atoms with Gasteiger partial charge in [-0.15, -0.1) is 0 Å². The van der Waals surface area contributed by atoms with Gasteiger partial charge in [-0.05, 0) is 55.6 Å². The van der Waals surface area contributed by atoms with Gasteiger partial charge in [0.15, 0.2) is 8.32 Å². The molecule has 2 atom stereocenters. The minimum absolute atomic E-state index is 0.0359. The Morgan fingerprint density at radius 3 is 2.20 bits per heavy atom. The highest BCUT2D eigenvalue weighted by Gasteiger charge is 2.47. The van der Waals surface area contributed by atoms with E-state index in [4.69, 9.17) is 4.43 Å². The molecule has 4 nitrogen and oxygen atoms in total. The van der Waals surface area contributed by atoms with E-state index in [1.54, 1.807) is 16.4 Å². The Kier molecular flexibility index (Phi) is 6.63. The summed E-state index contributed by atoms with van der Waals surface area (Å²) >= 11 is 0. The van der Waals surface area contributed by atoms with Crippen LogP contribution in [-0.4, -0.2) is 33.7 Å². The first-order valence-electron chi connectivity index (χ1n) is 10.7. The van der Waals surface area contributed by atoms with Crippen LogP contribution in [0.4, 0.5) is 0 Å². The molecule has 0 N–H and O–H groups in total. The Morgan fingerprint density at radius 2 is 1.63 bits per heavy atom.